The Morgan fingerprint density at radius 1 is 1.05 bits per heavy atom. The van der Waals surface area contributed by atoms with Crippen LogP contribution in [0.2, 0.25) is 0 Å². The van der Waals surface area contributed by atoms with E-state index in [1.807, 2.05) is 23.1 Å². The van der Waals surface area contributed by atoms with Gasteiger partial charge in [-0.2, -0.15) is 5.26 Å². The summed E-state index contributed by atoms with van der Waals surface area (Å²) in [5.74, 6) is 2.68. The lowest BCUT2D eigenvalue weighted by Crippen LogP contribution is -2.55. The fourth-order valence-electron chi connectivity index (χ4n) is 5.24. The first kappa shape index (κ1) is 26.6. The molecular formula is C28H35N3O6. The van der Waals surface area contributed by atoms with Crippen LogP contribution in [0.3, 0.4) is 0 Å². The van der Waals surface area contributed by atoms with Gasteiger partial charge in [-0.3, -0.25) is 4.90 Å². The minimum absolute atomic E-state index is 0.191. The maximum absolute atomic E-state index is 12.7. The van der Waals surface area contributed by atoms with Crippen molar-refractivity contribution in [2.24, 2.45) is 11.8 Å². The third kappa shape index (κ3) is 7.28. The van der Waals surface area contributed by atoms with Gasteiger partial charge in [-0.1, -0.05) is 6.07 Å². The van der Waals surface area contributed by atoms with Crippen LogP contribution in [-0.2, 0) is 11.2 Å². The predicted molar refractivity (Wildman–Crippen MR) is 137 cm³/mol. The van der Waals surface area contributed by atoms with E-state index in [2.05, 4.69) is 11.0 Å². The van der Waals surface area contributed by atoms with Gasteiger partial charge in [0.1, 0.15) is 18.5 Å². The molecule has 3 atom stereocenters. The predicted octanol–water partition coefficient (Wildman–Crippen LogP) is 2.95. The van der Waals surface area contributed by atoms with Crippen LogP contribution in [0.15, 0.2) is 42.5 Å². The molecule has 9 heteroatoms. The molecule has 2 bridgehead atoms. The Morgan fingerprint density at radius 3 is 2.41 bits per heavy atom. The zero-order valence-corrected chi connectivity index (χ0v) is 21.5. The normalized spacial score (nSPS) is 20.0. The van der Waals surface area contributed by atoms with Crippen molar-refractivity contribution in [1.82, 2.24) is 9.80 Å². The number of hydrogen-bond donors (Lipinski definition) is 1. The molecule has 0 radical (unpaired) electrons. The van der Waals surface area contributed by atoms with E-state index in [0.717, 1.165) is 25.1 Å². The summed E-state index contributed by atoms with van der Waals surface area (Å²) in [6, 6.07) is 14.6. The van der Waals surface area contributed by atoms with Crippen LogP contribution in [0.1, 0.15) is 17.5 Å². The Hall–Kier alpha value is -3.48. The van der Waals surface area contributed by atoms with E-state index in [1.54, 1.807) is 38.5 Å². The first-order valence-corrected chi connectivity index (χ1v) is 12.6. The van der Waals surface area contributed by atoms with Crippen LogP contribution >= 0.6 is 0 Å². The molecule has 198 valence electrons. The van der Waals surface area contributed by atoms with Crippen LogP contribution < -0.4 is 14.2 Å². The number of fused-ring (bicyclic) bond motifs is 2. The van der Waals surface area contributed by atoms with E-state index >= 15 is 0 Å². The number of β-amino-alcohol motifs (C(OH)–C–C–N with tert-alkyl or cyclic N) is 1. The number of carbonyl (C=O) groups is 1. The van der Waals surface area contributed by atoms with Gasteiger partial charge >= 0.3 is 6.09 Å². The topological polar surface area (TPSA) is 104 Å². The Labute approximate surface area is 218 Å². The number of hydrogen-bond acceptors (Lipinski definition) is 8. The molecule has 2 heterocycles. The van der Waals surface area contributed by atoms with Gasteiger partial charge in [-0.15, -0.1) is 0 Å². The third-order valence-electron chi connectivity index (χ3n) is 6.87. The summed E-state index contributed by atoms with van der Waals surface area (Å²) in [6.07, 6.45) is 0.804. The van der Waals surface area contributed by atoms with Gasteiger partial charge in [0.2, 0.25) is 0 Å². The number of nitriles is 1. The van der Waals surface area contributed by atoms with Crippen LogP contribution in [0, 0.1) is 23.2 Å². The average molecular weight is 510 g/mol. The lowest BCUT2D eigenvalue weighted by atomic mass is 9.84. The minimum Gasteiger partial charge on any atom is -0.493 e. The second-order valence-corrected chi connectivity index (χ2v) is 9.75. The van der Waals surface area contributed by atoms with Crippen molar-refractivity contribution in [3.05, 3.63) is 53.6 Å². The van der Waals surface area contributed by atoms with Gasteiger partial charge in [0.15, 0.2) is 11.5 Å². The van der Waals surface area contributed by atoms with Gasteiger partial charge in [-0.25, -0.2) is 4.79 Å². The van der Waals surface area contributed by atoms with Crippen LogP contribution in [0.4, 0.5) is 4.79 Å². The number of piperidine rings is 2. The van der Waals surface area contributed by atoms with Crippen molar-refractivity contribution in [1.29, 1.82) is 5.26 Å². The highest BCUT2D eigenvalue weighted by Gasteiger charge is 2.36. The number of benzene rings is 2. The standard InChI is InChI=1S/C28H35N3O6/c1-34-26-8-5-20(12-27(26)35-2)9-10-36-28(33)31-16-22-11-23(17-31)15-30(14-22)18-24(32)19-37-25-6-3-21(13-29)4-7-25/h3-8,12,22-24,32H,9-11,14-19H2,1-2H3. The summed E-state index contributed by atoms with van der Waals surface area (Å²) < 4.78 is 21.9. The number of methoxy groups -OCH3 is 2. The van der Waals surface area contributed by atoms with E-state index in [9.17, 15) is 9.90 Å². The van der Waals surface area contributed by atoms with Crippen molar-refractivity contribution >= 4 is 6.09 Å². The van der Waals surface area contributed by atoms with Crippen LogP contribution in [0.25, 0.3) is 0 Å². The molecule has 9 nitrogen and oxygen atoms in total. The van der Waals surface area contributed by atoms with Crippen molar-refractivity contribution in [2.75, 3.05) is 60.2 Å². The maximum Gasteiger partial charge on any atom is 0.409 e. The molecule has 1 amide bonds. The van der Waals surface area contributed by atoms with Crippen molar-refractivity contribution < 1.29 is 28.8 Å². The molecule has 4 rings (SSSR count). The summed E-state index contributed by atoms with van der Waals surface area (Å²) in [5, 5.41) is 19.4. The smallest absolute Gasteiger partial charge is 0.409 e. The molecule has 3 unspecified atom stereocenters. The summed E-state index contributed by atoms with van der Waals surface area (Å²) in [6.45, 7) is 4.02. The number of amides is 1. The number of nitrogens with zero attached hydrogens (tertiary/aromatic N) is 3. The molecule has 0 aromatic heterocycles. The van der Waals surface area contributed by atoms with E-state index in [-0.39, 0.29) is 12.7 Å². The minimum atomic E-state index is -0.618. The van der Waals surface area contributed by atoms with Crippen LogP contribution in [-0.4, -0.2) is 87.3 Å². The van der Waals surface area contributed by atoms with Gasteiger partial charge in [0.05, 0.1) is 32.5 Å². The Morgan fingerprint density at radius 2 is 1.76 bits per heavy atom. The van der Waals surface area contributed by atoms with Crippen molar-refractivity contribution in [2.45, 2.75) is 18.9 Å². The monoisotopic (exact) mass is 509 g/mol. The second kappa shape index (κ2) is 12.7. The second-order valence-electron chi connectivity index (χ2n) is 9.75. The molecule has 2 fully saturated rings. The SMILES string of the molecule is COc1ccc(CCOC(=O)N2CC3CC(CN(CC(O)COc4ccc(C#N)cc4)C3)C2)cc1OC. The van der Waals surface area contributed by atoms with E-state index in [1.165, 1.54) is 0 Å². The highest BCUT2D eigenvalue weighted by molar-refractivity contribution is 5.67. The molecule has 1 N–H and O–H groups in total. The highest BCUT2D eigenvalue weighted by Crippen LogP contribution is 2.30. The summed E-state index contributed by atoms with van der Waals surface area (Å²) in [4.78, 5) is 16.8. The molecular weight excluding hydrogens is 474 g/mol. The Kier molecular flexibility index (Phi) is 9.09. The number of ether oxygens (including phenoxy) is 4. The average Bonchev–Trinajstić information content (AvgIpc) is 2.91. The molecule has 2 saturated heterocycles. The first-order valence-electron chi connectivity index (χ1n) is 12.6. The largest absolute Gasteiger partial charge is 0.493 e. The number of rotatable bonds is 10. The van der Waals surface area contributed by atoms with Gasteiger partial charge in [0.25, 0.3) is 0 Å². The highest BCUT2D eigenvalue weighted by atomic mass is 16.6. The lowest BCUT2D eigenvalue weighted by Gasteiger charge is -2.45. The Balaban J connectivity index is 1.18. The third-order valence-corrected chi connectivity index (χ3v) is 6.87. The van der Waals surface area contributed by atoms with Crippen molar-refractivity contribution in [3.63, 3.8) is 0 Å². The van der Waals surface area contributed by atoms with Gasteiger partial charge < -0.3 is 29.0 Å². The fourth-order valence-corrected chi connectivity index (χ4v) is 5.24. The first-order chi connectivity index (χ1) is 18.0. The van der Waals surface area contributed by atoms with E-state index in [0.29, 0.717) is 67.3 Å². The van der Waals surface area contributed by atoms with E-state index in [4.69, 9.17) is 24.2 Å². The number of carbonyl (C=O) groups excluding carboxylic acids is 1. The zero-order chi connectivity index (χ0) is 26.2. The Bertz CT molecular complexity index is 1070. The molecule has 0 aliphatic carbocycles. The molecule has 0 spiro atoms. The quantitative estimate of drug-likeness (QED) is 0.521. The molecule has 37 heavy (non-hydrogen) atoms. The number of aliphatic hydroxyl groups excluding tert-OH is 1. The molecule has 2 aromatic carbocycles. The molecule has 0 saturated carbocycles. The zero-order valence-electron chi connectivity index (χ0n) is 21.5. The lowest BCUT2D eigenvalue weighted by molar-refractivity contribution is -0.00150. The maximum atomic E-state index is 12.7. The van der Waals surface area contributed by atoms with Gasteiger partial charge in [0, 0.05) is 39.1 Å². The molecule has 2 aromatic rings. The summed E-state index contributed by atoms with van der Waals surface area (Å²) in [7, 11) is 3.20. The van der Waals surface area contributed by atoms with Crippen molar-refractivity contribution in [3.8, 4) is 23.3 Å². The number of likely N-dealkylation sites (tertiary alicyclic amines) is 2. The molecule has 2 aliphatic rings. The number of aliphatic hydroxyl groups is 1. The fraction of sp³-hybridized carbons (Fsp3) is 0.500. The molecule has 2 aliphatic heterocycles. The summed E-state index contributed by atoms with van der Waals surface area (Å²) >= 11 is 0. The summed E-state index contributed by atoms with van der Waals surface area (Å²) in [5.41, 5.74) is 1.59. The van der Waals surface area contributed by atoms with Gasteiger partial charge in [-0.05, 0) is 60.2 Å². The van der Waals surface area contributed by atoms with Crippen LogP contribution in [0.5, 0.6) is 17.2 Å². The van der Waals surface area contributed by atoms with E-state index < -0.39 is 6.10 Å².